The summed E-state index contributed by atoms with van der Waals surface area (Å²) < 4.78 is 10.4. The molecule has 0 saturated heterocycles. The molecule has 1 aromatic rings. The van der Waals surface area contributed by atoms with Gasteiger partial charge in [-0.1, -0.05) is 17.7 Å². The fourth-order valence-electron chi connectivity index (χ4n) is 1.43. The number of esters is 1. The highest BCUT2D eigenvalue weighted by Crippen LogP contribution is 2.20. The molecule has 0 fully saturated rings. The van der Waals surface area contributed by atoms with Crippen LogP contribution in [0, 0.1) is 13.8 Å². The zero-order chi connectivity index (χ0) is 12.1. The van der Waals surface area contributed by atoms with Crippen LogP contribution in [0.1, 0.15) is 25.0 Å². The minimum Gasteiger partial charge on any atom is -0.479 e. The van der Waals surface area contributed by atoms with Crippen LogP contribution in [-0.2, 0) is 9.53 Å². The van der Waals surface area contributed by atoms with Crippen LogP contribution in [0.4, 0.5) is 0 Å². The van der Waals surface area contributed by atoms with E-state index in [4.69, 9.17) is 9.47 Å². The molecule has 0 radical (unpaired) electrons. The van der Waals surface area contributed by atoms with E-state index in [1.807, 2.05) is 32.0 Å². The topological polar surface area (TPSA) is 35.5 Å². The van der Waals surface area contributed by atoms with Crippen LogP contribution in [0.15, 0.2) is 18.2 Å². The van der Waals surface area contributed by atoms with Crippen LogP contribution >= 0.6 is 0 Å². The predicted octanol–water partition coefficient (Wildman–Crippen LogP) is 2.63. The van der Waals surface area contributed by atoms with Gasteiger partial charge in [0.25, 0.3) is 0 Å². The third-order valence-electron chi connectivity index (χ3n) is 2.25. The molecular weight excluding hydrogens is 204 g/mol. The van der Waals surface area contributed by atoms with Gasteiger partial charge in [0.15, 0.2) is 6.10 Å². The Labute approximate surface area is 96.4 Å². The van der Waals surface area contributed by atoms with Gasteiger partial charge in [-0.3, -0.25) is 0 Å². The molecule has 0 unspecified atom stereocenters. The van der Waals surface area contributed by atoms with Gasteiger partial charge in [-0.2, -0.15) is 0 Å². The number of rotatable bonds is 4. The normalized spacial score (nSPS) is 12.0. The number of carbonyl (C=O) groups excluding carboxylic acids is 1. The largest absolute Gasteiger partial charge is 0.479 e. The van der Waals surface area contributed by atoms with Crippen molar-refractivity contribution < 1.29 is 14.3 Å². The Hall–Kier alpha value is -1.51. The zero-order valence-corrected chi connectivity index (χ0v) is 10.2. The highest BCUT2D eigenvalue weighted by Gasteiger charge is 2.16. The summed E-state index contributed by atoms with van der Waals surface area (Å²) in [5.74, 6) is 0.397. The number of aryl methyl sites for hydroxylation is 2. The molecule has 3 heteroatoms. The second kappa shape index (κ2) is 5.54. The molecule has 0 spiro atoms. The van der Waals surface area contributed by atoms with Crippen molar-refractivity contribution in [2.45, 2.75) is 33.8 Å². The molecule has 3 nitrogen and oxygen atoms in total. The molecule has 0 amide bonds. The first-order valence-corrected chi connectivity index (χ1v) is 5.45. The van der Waals surface area contributed by atoms with Crippen molar-refractivity contribution in [1.82, 2.24) is 0 Å². The van der Waals surface area contributed by atoms with Gasteiger partial charge in [0, 0.05) is 0 Å². The van der Waals surface area contributed by atoms with Crippen molar-refractivity contribution in [2.75, 3.05) is 6.61 Å². The Morgan fingerprint density at radius 2 is 2.06 bits per heavy atom. The quantitative estimate of drug-likeness (QED) is 0.735. The molecular formula is C13H18O3. The summed E-state index contributed by atoms with van der Waals surface area (Å²) in [4.78, 5) is 11.4. The summed E-state index contributed by atoms with van der Waals surface area (Å²) in [6, 6.07) is 5.85. The van der Waals surface area contributed by atoms with Crippen molar-refractivity contribution >= 4 is 5.97 Å². The molecule has 0 bridgehead atoms. The van der Waals surface area contributed by atoms with Crippen molar-refractivity contribution in [3.63, 3.8) is 0 Å². The van der Waals surface area contributed by atoms with E-state index in [1.165, 1.54) is 5.56 Å². The number of hydrogen-bond acceptors (Lipinski definition) is 3. The minimum absolute atomic E-state index is 0.331. The molecule has 0 aromatic heterocycles. The third kappa shape index (κ3) is 3.26. The Bertz CT molecular complexity index is 371. The first kappa shape index (κ1) is 12.6. The lowest BCUT2D eigenvalue weighted by atomic mass is 10.1. The van der Waals surface area contributed by atoms with Crippen molar-refractivity contribution in [1.29, 1.82) is 0 Å². The van der Waals surface area contributed by atoms with Crippen LogP contribution in [-0.4, -0.2) is 18.7 Å². The van der Waals surface area contributed by atoms with Crippen LogP contribution in [0.5, 0.6) is 5.75 Å². The molecule has 0 aliphatic rings. The van der Waals surface area contributed by atoms with E-state index in [9.17, 15) is 4.79 Å². The van der Waals surface area contributed by atoms with E-state index in [-0.39, 0.29) is 5.97 Å². The smallest absolute Gasteiger partial charge is 0.347 e. The van der Waals surface area contributed by atoms with Crippen LogP contribution in [0.3, 0.4) is 0 Å². The monoisotopic (exact) mass is 222 g/mol. The molecule has 1 atom stereocenters. The third-order valence-corrected chi connectivity index (χ3v) is 2.25. The van der Waals surface area contributed by atoms with Gasteiger partial charge in [0.05, 0.1) is 6.61 Å². The summed E-state index contributed by atoms with van der Waals surface area (Å²) in [5.41, 5.74) is 2.20. The van der Waals surface area contributed by atoms with Gasteiger partial charge in [0.1, 0.15) is 5.75 Å². The SMILES string of the molecule is CCOC(=O)[C@H](C)Oc1ccc(C)cc1C. The summed E-state index contributed by atoms with van der Waals surface area (Å²) in [6.07, 6.45) is -0.568. The standard InChI is InChI=1S/C13H18O3/c1-5-15-13(14)11(4)16-12-7-6-9(2)8-10(12)3/h6-8,11H,5H2,1-4H3/t11-/m0/s1. The van der Waals surface area contributed by atoms with E-state index in [2.05, 4.69) is 0 Å². The lowest BCUT2D eigenvalue weighted by Gasteiger charge is -2.15. The van der Waals surface area contributed by atoms with E-state index in [1.54, 1.807) is 13.8 Å². The van der Waals surface area contributed by atoms with Crippen LogP contribution in [0.2, 0.25) is 0 Å². The highest BCUT2D eigenvalue weighted by atomic mass is 16.6. The second-order valence-electron chi connectivity index (χ2n) is 3.78. The molecule has 0 N–H and O–H groups in total. The van der Waals surface area contributed by atoms with E-state index >= 15 is 0 Å². The molecule has 1 rings (SSSR count). The van der Waals surface area contributed by atoms with Crippen LogP contribution < -0.4 is 4.74 Å². The number of carbonyl (C=O) groups is 1. The molecule has 0 heterocycles. The Morgan fingerprint density at radius 3 is 2.62 bits per heavy atom. The van der Waals surface area contributed by atoms with Gasteiger partial charge in [-0.05, 0) is 39.3 Å². The Kier molecular flexibility index (Phi) is 4.35. The minimum atomic E-state index is -0.568. The Balaban J connectivity index is 2.69. The number of benzene rings is 1. The maximum Gasteiger partial charge on any atom is 0.347 e. The van der Waals surface area contributed by atoms with Gasteiger partial charge >= 0.3 is 5.97 Å². The average Bonchev–Trinajstić information content (AvgIpc) is 2.22. The summed E-state index contributed by atoms with van der Waals surface area (Å²) >= 11 is 0. The van der Waals surface area contributed by atoms with Crippen LogP contribution in [0.25, 0.3) is 0 Å². The van der Waals surface area contributed by atoms with Gasteiger partial charge in [0.2, 0.25) is 0 Å². The number of ether oxygens (including phenoxy) is 2. The molecule has 0 aliphatic carbocycles. The average molecular weight is 222 g/mol. The first-order chi connectivity index (χ1) is 7.54. The van der Waals surface area contributed by atoms with E-state index < -0.39 is 6.10 Å². The second-order valence-corrected chi connectivity index (χ2v) is 3.78. The fraction of sp³-hybridized carbons (Fsp3) is 0.462. The zero-order valence-electron chi connectivity index (χ0n) is 10.2. The lowest BCUT2D eigenvalue weighted by molar-refractivity contribution is -0.150. The predicted molar refractivity (Wildman–Crippen MR) is 62.6 cm³/mol. The van der Waals surface area contributed by atoms with Crippen molar-refractivity contribution in [2.24, 2.45) is 0 Å². The van der Waals surface area contributed by atoms with Crippen molar-refractivity contribution in [3.8, 4) is 5.75 Å². The van der Waals surface area contributed by atoms with Crippen molar-refractivity contribution in [3.05, 3.63) is 29.3 Å². The Morgan fingerprint density at radius 1 is 1.38 bits per heavy atom. The molecule has 0 aliphatic heterocycles. The first-order valence-electron chi connectivity index (χ1n) is 5.45. The molecule has 0 saturated carbocycles. The summed E-state index contributed by atoms with van der Waals surface area (Å²) in [7, 11) is 0. The maximum absolute atomic E-state index is 11.4. The van der Waals surface area contributed by atoms with Gasteiger partial charge in [-0.15, -0.1) is 0 Å². The fourth-order valence-corrected chi connectivity index (χ4v) is 1.43. The molecule has 1 aromatic carbocycles. The van der Waals surface area contributed by atoms with E-state index in [0.29, 0.717) is 6.61 Å². The molecule has 16 heavy (non-hydrogen) atoms. The van der Waals surface area contributed by atoms with Gasteiger partial charge in [-0.25, -0.2) is 4.79 Å². The highest BCUT2D eigenvalue weighted by molar-refractivity contribution is 5.74. The summed E-state index contributed by atoms with van der Waals surface area (Å²) in [5, 5.41) is 0. The van der Waals surface area contributed by atoms with Gasteiger partial charge < -0.3 is 9.47 Å². The maximum atomic E-state index is 11.4. The molecule has 88 valence electrons. The summed E-state index contributed by atoms with van der Waals surface area (Å²) in [6.45, 7) is 7.82. The number of hydrogen-bond donors (Lipinski definition) is 0. The van der Waals surface area contributed by atoms with E-state index in [0.717, 1.165) is 11.3 Å². The lowest BCUT2D eigenvalue weighted by Crippen LogP contribution is -2.26.